The average Bonchev–Trinajstić information content (AvgIpc) is 3.15. The van der Waals surface area contributed by atoms with E-state index in [0.29, 0.717) is 19.4 Å². The maximum Gasteiger partial charge on any atom is 0.241 e. The van der Waals surface area contributed by atoms with Gasteiger partial charge in [0.15, 0.2) is 0 Å². The molecule has 116 valence electrons. The van der Waals surface area contributed by atoms with Crippen LogP contribution >= 0.6 is 0 Å². The van der Waals surface area contributed by atoms with E-state index in [1.54, 1.807) is 12.1 Å². The second-order valence-electron chi connectivity index (χ2n) is 5.71. The summed E-state index contributed by atoms with van der Waals surface area (Å²) in [6.07, 6.45) is 2.50. The molecule has 1 aromatic carbocycles. The van der Waals surface area contributed by atoms with Crippen LogP contribution in [0.4, 0.5) is 5.69 Å². The summed E-state index contributed by atoms with van der Waals surface area (Å²) >= 11 is 0. The van der Waals surface area contributed by atoms with Gasteiger partial charge in [0.25, 0.3) is 0 Å². The van der Waals surface area contributed by atoms with Crippen LogP contribution in [-0.2, 0) is 20.9 Å². The molecule has 22 heavy (non-hydrogen) atoms. The van der Waals surface area contributed by atoms with Gasteiger partial charge in [0.05, 0.1) is 12.6 Å². The van der Waals surface area contributed by atoms with Gasteiger partial charge in [-0.05, 0) is 37.1 Å². The lowest BCUT2D eigenvalue weighted by atomic mass is 10.1. The fourth-order valence-electron chi connectivity index (χ4n) is 2.81. The largest absolute Gasteiger partial charge is 0.325 e. The van der Waals surface area contributed by atoms with Crippen molar-refractivity contribution in [2.45, 2.75) is 38.3 Å². The Morgan fingerprint density at radius 1 is 1.18 bits per heavy atom. The highest BCUT2D eigenvalue weighted by Gasteiger charge is 2.28. The second kappa shape index (κ2) is 6.27. The van der Waals surface area contributed by atoms with Gasteiger partial charge in [-0.2, -0.15) is 0 Å². The van der Waals surface area contributed by atoms with E-state index < -0.39 is 0 Å². The van der Waals surface area contributed by atoms with E-state index in [2.05, 4.69) is 10.6 Å². The normalized spacial score (nSPS) is 21.5. The molecule has 1 atom stereocenters. The van der Waals surface area contributed by atoms with Crippen LogP contribution < -0.4 is 10.6 Å². The zero-order valence-electron chi connectivity index (χ0n) is 12.3. The number of amides is 3. The predicted octanol–water partition coefficient (Wildman–Crippen LogP) is 1.03. The van der Waals surface area contributed by atoms with Gasteiger partial charge in [-0.3, -0.25) is 19.3 Å². The Balaban J connectivity index is 1.59. The van der Waals surface area contributed by atoms with Crippen LogP contribution in [0.25, 0.3) is 0 Å². The minimum absolute atomic E-state index is 0.0184. The van der Waals surface area contributed by atoms with Crippen LogP contribution in [-0.4, -0.2) is 35.2 Å². The molecule has 0 aromatic heterocycles. The number of nitrogens with zero attached hydrogens (tertiary/aromatic N) is 1. The molecule has 6 nitrogen and oxygen atoms in total. The first-order valence-electron chi connectivity index (χ1n) is 7.60. The molecule has 2 aliphatic rings. The first kappa shape index (κ1) is 14.7. The Hall–Kier alpha value is -2.21. The summed E-state index contributed by atoms with van der Waals surface area (Å²) < 4.78 is 0. The van der Waals surface area contributed by atoms with E-state index in [0.717, 1.165) is 30.6 Å². The summed E-state index contributed by atoms with van der Waals surface area (Å²) in [6.45, 7) is 1.19. The van der Waals surface area contributed by atoms with Gasteiger partial charge in [0.2, 0.25) is 17.7 Å². The number of rotatable bonds is 4. The van der Waals surface area contributed by atoms with Crippen LogP contribution in [0.3, 0.4) is 0 Å². The molecule has 0 spiro atoms. The molecule has 3 amide bonds. The quantitative estimate of drug-likeness (QED) is 0.814. The molecule has 3 rings (SSSR count). The van der Waals surface area contributed by atoms with Gasteiger partial charge in [0, 0.05) is 18.5 Å². The van der Waals surface area contributed by atoms with Gasteiger partial charge < -0.3 is 10.6 Å². The highest BCUT2D eigenvalue weighted by atomic mass is 16.2. The summed E-state index contributed by atoms with van der Waals surface area (Å²) in [6, 6.07) is 7.15. The molecule has 0 saturated carbocycles. The number of nitrogens with one attached hydrogen (secondary N) is 2. The van der Waals surface area contributed by atoms with Crippen LogP contribution in [0.5, 0.6) is 0 Å². The number of anilines is 1. The molecular formula is C16H19N3O3. The third kappa shape index (κ3) is 3.17. The Morgan fingerprint density at radius 3 is 2.45 bits per heavy atom. The molecule has 2 aliphatic heterocycles. The summed E-state index contributed by atoms with van der Waals surface area (Å²) in [5.41, 5.74) is 1.60. The highest BCUT2D eigenvalue weighted by molar-refractivity contribution is 6.01. The van der Waals surface area contributed by atoms with Crippen molar-refractivity contribution >= 4 is 23.4 Å². The van der Waals surface area contributed by atoms with Crippen molar-refractivity contribution in [2.75, 3.05) is 11.9 Å². The molecule has 0 bridgehead atoms. The highest BCUT2D eigenvalue weighted by Crippen LogP contribution is 2.18. The standard InChI is InChI=1S/C16H19N3O3/c20-14-7-8-15(21)19(14)10-11-3-5-12(6-4-11)18-16(22)13-2-1-9-17-13/h3-6,13,17H,1-2,7-10H2,(H,18,22). The van der Waals surface area contributed by atoms with Crippen molar-refractivity contribution in [1.82, 2.24) is 10.2 Å². The van der Waals surface area contributed by atoms with Crippen LogP contribution in [0.15, 0.2) is 24.3 Å². The third-order valence-corrected chi connectivity index (χ3v) is 4.09. The van der Waals surface area contributed by atoms with E-state index >= 15 is 0 Å². The minimum atomic E-state index is -0.116. The number of carbonyl (C=O) groups is 3. The van der Waals surface area contributed by atoms with E-state index in [1.807, 2.05) is 12.1 Å². The van der Waals surface area contributed by atoms with Crippen LogP contribution in [0.2, 0.25) is 0 Å². The van der Waals surface area contributed by atoms with Crippen molar-refractivity contribution in [3.05, 3.63) is 29.8 Å². The molecule has 0 aliphatic carbocycles. The van der Waals surface area contributed by atoms with Gasteiger partial charge in [-0.15, -0.1) is 0 Å². The minimum Gasteiger partial charge on any atom is -0.325 e. The van der Waals surface area contributed by atoms with E-state index in [4.69, 9.17) is 0 Å². The molecule has 2 N–H and O–H groups in total. The number of imide groups is 1. The monoisotopic (exact) mass is 301 g/mol. The van der Waals surface area contributed by atoms with E-state index in [9.17, 15) is 14.4 Å². The maximum absolute atomic E-state index is 12.0. The number of carbonyl (C=O) groups excluding carboxylic acids is 3. The summed E-state index contributed by atoms with van der Waals surface area (Å²) in [5.74, 6) is -0.250. The van der Waals surface area contributed by atoms with Crippen LogP contribution in [0, 0.1) is 0 Å². The van der Waals surface area contributed by atoms with Gasteiger partial charge in [0.1, 0.15) is 0 Å². The first-order chi connectivity index (χ1) is 10.6. The van der Waals surface area contributed by atoms with Crippen LogP contribution in [0.1, 0.15) is 31.2 Å². The Kier molecular flexibility index (Phi) is 4.20. The van der Waals surface area contributed by atoms with E-state index in [-0.39, 0.29) is 23.8 Å². The molecule has 2 saturated heterocycles. The summed E-state index contributed by atoms with van der Waals surface area (Å²) in [7, 11) is 0. The fraction of sp³-hybridized carbons (Fsp3) is 0.438. The molecule has 2 heterocycles. The van der Waals surface area contributed by atoms with Crippen molar-refractivity contribution in [3.63, 3.8) is 0 Å². The van der Waals surface area contributed by atoms with Gasteiger partial charge in [-0.1, -0.05) is 12.1 Å². The molecule has 2 fully saturated rings. The van der Waals surface area contributed by atoms with Crippen molar-refractivity contribution in [1.29, 1.82) is 0 Å². The molecule has 1 aromatic rings. The average molecular weight is 301 g/mol. The van der Waals surface area contributed by atoms with Crippen molar-refractivity contribution in [3.8, 4) is 0 Å². The smallest absolute Gasteiger partial charge is 0.241 e. The van der Waals surface area contributed by atoms with Gasteiger partial charge >= 0.3 is 0 Å². The second-order valence-corrected chi connectivity index (χ2v) is 5.71. The Bertz CT molecular complexity index is 575. The zero-order valence-corrected chi connectivity index (χ0v) is 12.3. The number of benzene rings is 1. The number of hydrogen-bond donors (Lipinski definition) is 2. The molecule has 0 radical (unpaired) electrons. The Labute approximate surface area is 128 Å². The number of likely N-dealkylation sites (tertiary alicyclic amines) is 1. The summed E-state index contributed by atoms with van der Waals surface area (Å²) in [5, 5.41) is 6.03. The van der Waals surface area contributed by atoms with Gasteiger partial charge in [-0.25, -0.2) is 0 Å². The van der Waals surface area contributed by atoms with Crippen molar-refractivity contribution in [2.24, 2.45) is 0 Å². The molecular weight excluding hydrogens is 282 g/mol. The maximum atomic E-state index is 12.0. The first-order valence-corrected chi connectivity index (χ1v) is 7.60. The van der Waals surface area contributed by atoms with E-state index in [1.165, 1.54) is 4.90 Å². The topological polar surface area (TPSA) is 78.5 Å². The SMILES string of the molecule is O=C(Nc1ccc(CN2C(=O)CCC2=O)cc1)C1CCCN1. The molecule has 6 heteroatoms. The predicted molar refractivity (Wildman–Crippen MR) is 80.9 cm³/mol. The lowest BCUT2D eigenvalue weighted by molar-refractivity contribution is -0.139. The Morgan fingerprint density at radius 2 is 1.86 bits per heavy atom. The fourth-order valence-corrected chi connectivity index (χ4v) is 2.81. The summed E-state index contributed by atoms with van der Waals surface area (Å²) in [4.78, 5) is 36.5. The third-order valence-electron chi connectivity index (χ3n) is 4.09. The van der Waals surface area contributed by atoms with Crippen molar-refractivity contribution < 1.29 is 14.4 Å². The zero-order chi connectivity index (χ0) is 15.5. The lowest BCUT2D eigenvalue weighted by Gasteiger charge is -2.15. The molecule has 1 unspecified atom stereocenters. The lowest BCUT2D eigenvalue weighted by Crippen LogP contribution is -2.35. The number of hydrogen-bond acceptors (Lipinski definition) is 4.